The second-order valence-electron chi connectivity index (χ2n) is 3.66. The summed E-state index contributed by atoms with van der Waals surface area (Å²) in [5.41, 5.74) is 1.46. The molecule has 2 rings (SSSR count). The van der Waals surface area contributed by atoms with Gasteiger partial charge in [-0.1, -0.05) is 6.92 Å². The topological polar surface area (TPSA) is 35.3 Å². The van der Waals surface area contributed by atoms with Gasteiger partial charge < -0.3 is 9.15 Å². The Labute approximate surface area is 93.2 Å². The molecule has 3 nitrogen and oxygen atoms in total. The van der Waals surface area contributed by atoms with Crippen molar-refractivity contribution in [2.75, 3.05) is 6.67 Å². The van der Waals surface area contributed by atoms with E-state index in [9.17, 15) is 4.39 Å². The minimum atomic E-state index is -0.482. The summed E-state index contributed by atoms with van der Waals surface area (Å²) in [6.45, 7) is 3.20. The van der Waals surface area contributed by atoms with Crippen LogP contribution in [0.25, 0.3) is 11.1 Å². The van der Waals surface area contributed by atoms with E-state index in [1.54, 1.807) is 19.1 Å². The molecule has 1 atom stereocenters. The molecule has 1 heterocycles. The minimum absolute atomic E-state index is 0.388. The number of rotatable bonds is 4. The molecule has 0 saturated heterocycles. The highest BCUT2D eigenvalue weighted by atomic mass is 19.1. The van der Waals surface area contributed by atoms with Crippen molar-refractivity contribution in [2.24, 2.45) is 0 Å². The van der Waals surface area contributed by atoms with E-state index in [0.717, 1.165) is 5.52 Å². The molecule has 86 valence electrons. The fraction of sp³-hybridized carbons (Fsp3) is 0.417. The lowest BCUT2D eigenvalue weighted by Gasteiger charge is -2.13. The van der Waals surface area contributed by atoms with Crippen molar-refractivity contribution in [3.63, 3.8) is 0 Å². The van der Waals surface area contributed by atoms with Crippen LogP contribution in [0.1, 0.15) is 19.2 Å². The molecule has 2 aromatic rings. The highest BCUT2D eigenvalue weighted by Crippen LogP contribution is 2.22. The van der Waals surface area contributed by atoms with Gasteiger partial charge in [-0.15, -0.1) is 0 Å². The summed E-state index contributed by atoms with van der Waals surface area (Å²) in [6, 6.07) is 5.34. The first-order chi connectivity index (χ1) is 7.72. The molecular weight excluding hydrogens is 209 g/mol. The van der Waals surface area contributed by atoms with Crippen molar-refractivity contribution in [2.45, 2.75) is 26.4 Å². The van der Waals surface area contributed by atoms with Crippen LogP contribution in [-0.4, -0.2) is 17.8 Å². The SMILES string of the molecule is CCC(CF)Oc1ccc2nc(C)oc2c1. The summed E-state index contributed by atoms with van der Waals surface area (Å²) >= 11 is 0. The van der Waals surface area contributed by atoms with Crippen LogP contribution >= 0.6 is 0 Å². The quantitative estimate of drug-likeness (QED) is 0.798. The number of halogens is 1. The first-order valence-corrected chi connectivity index (χ1v) is 5.32. The van der Waals surface area contributed by atoms with E-state index in [-0.39, 0.29) is 6.10 Å². The molecule has 0 saturated carbocycles. The first kappa shape index (κ1) is 10.9. The monoisotopic (exact) mass is 223 g/mol. The van der Waals surface area contributed by atoms with E-state index < -0.39 is 6.67 Å². The summed E-state index contributed by atoms with van der Waals surface area (Å²) < 4.78 is 23.3. The lowest BCUT2D eigenvalue weighted by atomic mass is 10.3. The van der Waals surface area contributed by atoms with Crippen molar-refractivity contribution < 1.29 is 13.5 Å². The zero-order chi connectivity index (χ0) is 11.5. The lowest BCUT2D eigenvalue weighted by molar-refractivity contribution is 0.160. The van der Waals surface area contributed by atoms with Crippen LogP contribution in [-0.2, 0) is 0 Å². The molecule has 0 bridgehead atoms. The number of nitrogens with zero attached hydrogens (tertiary/aromatic N) is 1. The number of benzene rings is 1. The normalized spacial score (nSPS) is 12.9. The van der Waals surface area contributed by atoms with E-state index in [0.29, 0.717) is 23.6 Å². The van der Waals surface area contributed by atoms with E-state index >= 15 is 0 Å². The number of ether oxygens (including phenoxy) is 1. The van der Waals surface area contributed by atoms with Crippen molar-refractivity contribution in [1.82, 2.24) is 4.98 Å². The van der Waals surface area contributed by atoms with Crippen LogP contribution < -0.4 is 4.74 Å². The van der Waals surface area contributed by atoms with Gasteiger partial charge in [-0.2, -0.15) is 0 Å². The van der Waals surface area contributed by atoms with Crippen LogP contribution in [0.4, 0.5) is 4.39 Å². The number of aryl methyl sites for hydroxylation is 1. The van der Waals surface area contributed by atoms with Crippen molar-refractivity contribution in [3.05, 3.63) is 24.1 Å². The fourth-order valence-electron chi connectivity index (χ4n) is 1.51. The predicted molar refractivity (Wildman–Crippen MR) is 59.4 cm³/mol. The zero-order valence-corrected chi connectivity index (χ0v) is 9.37. The van der Waals surface area contributed by atoms with Gasteiger partial charge in [0, 0.05) is 13.0 Å². The van der Waals surface area contributed by atoms with Crippen LogP contribution in [0, 0.1) is 6.92 Å². The number of aromatic nitrogens is 1. The van der Waals surface area contributed by atoms with Crippen LogP contribution in [0.3, 0.4) is 0 Å². The number of hydrogen-bond acceptors (Lipinski definition) is 3. The van der Waals surface area contributed by atoms with Crippen LogP contribution in [0.5, 0.6) is 5.75 Å². The summed E-state index contributed by atoms with van der Waals surface area (Å²) in [6.07, 6.45) is 0.255. The largest absolute Gasteiger partial charge is 0.488 e. The van der Waals surface area contributed by atoms with Gasteiger partial charge in [-0.05, 0) is 18.6 Å². The molecule has 0 amide bonds. The third kappa shape index (κ3) is 2.15. The maximum absolute atomic E-state index is 12.5. The Hall–Kier alpha value is -1.58. The molecular formula is C12H14FNO2. The average molecular weight is 223 g/mol. The lowest BCUT2D eigenvalue weighted by Crippen LogP contribution is -2.17. The average Bonchev–Trinajstić information content (AvgIpc) is 2.65. The molecule has 1 aromatic carbocycles. The standard InChI is InChI=1S/C12H14FNO2/c1-3-9(7-13)16-10-4-5-11-12(6-10)15-8(2)14-11/h4-6,9H,3,7H2,1-2H3. The molecule has 0 spiro atoms. The molecule has 0 fully saturated rings. The Morgan fingerprint density at radius 1 is 1.50 bits per heavy atom. The number of alkyl halides is 1. The van der Waals surface area contributed by atoms with Gasteiger partial charge in [0.05, 0.1) is 0 Å². The Balaban J connectivity index is 2.24. The molecule has 0 N–H and O–H groups in total. The Morgan fingerprint density at radius 2 is 2.31 bits per heavy atom. The van der Waals surface area contributed by atoms with E-state index in [2.05, 4.69) is 4.98 Å². The first-order valence-electron chi connectivity index (χ1n) is 5.32. The Kier molecular flexibility index (Phi) is 3.08. The molecule has 0 radical (unpaired) electrons. The van der Waals surface area contributed by atoms with Gasteiger partial charge in [0.25, 0.3) is 0 Å². The number of hydrogen-bond donors (Lipinski definition) is 0. The summed E-state index contributed by atoms with van der Waals surface area (Å²) in [4.78, 5) is 4.18. The maximum Gasteiger partial charge on any atom is 0.192 e. The molecule has 4 heteroatoms. The summed E-state index contributed by atoms with van der Waals surface area (Å²) in [5, 5.41) is 0. The number of fused-ring (bicyclic) bond motifs is 1. The third-order valence-corrected chi connectivity index (χ3v) is 2.40. The second kappa shape index (κ2) is 4.51. The second-order valence-corrected chi connectivity index (χ2v) is 3.66. The molecule has 0 aliphatic heterocycles. The summed E-state index contributed by atoms with van der Waals surface area (Å²) in [5.74, 6) is 1.23. The van der Waals surface area contributed by atoms with Gasteiger partial charge in [-0.25, -0.2) is 9.37 Å². The summed E-state index contributed by atoms with van der Waals surface area (Å²) in [7, 11) is 0. The smallest absolute Gasteiger partial charge is 0.192 e. The molecule has 16 heavy (non-hydrogen) atoms. The zero-order valence-electron chi connectivity index (χ0n) is 9.37. The van der Waals surface area contributed by atoms with Gasteiger partial charge in [0.2, 0.25) is 0 Å². The van der Waals surface area contributed by atoms with E-state index in [1.165, 1.54) is 0 Å². The highest BCUT2D eigenvalue weighted by Gasteiger charge is 2.09. The highest BCUT2D eigenvalue weighted by molar-refractivity contribution is 5.74. The number of oxazole rings is 1. The Morgan fingerprint density at radius 3 is 3.00 bits per heavy atom. The van der Waals surface area contributed by atoms with E-state index in [4.69, 9.17) is 9.15 Å². The van der Waals surface area contributed by atoms with E-state index in [1.807, 2.05) is 13.0 Å². The van der Waals surface area contributed by atoms with Crippen LogP contribution in [0.15, 0.2) is 22.6 Å². The van der Waals surface area contributed by atoms with Crippen LogP contribution in [0.2, 0.25) is 0 Å². The molecule has 1 aromatic heterocycles. The third-order valence-electron chi connectivity index (χ3n) is 2.40. The van der Waals surface area contributed by atoms with Crippen molar-refractivity contribution >= 4 is 11.1 Å². The molecule has 0 aliphatic carbocycles. The van der Waals surface area contributed by atoms with Gasteiger partial charge in [0.1, 0.15) is 24.0 Å². The fourth-order valence-corrected chi connectivity index (χ4v) is 1.51. The van der Waals surface area contributed by atoms with Crippen molar-refractivity contribution in [1.29, 1.82) is 0 Å². The predicted octanol–water partition coefficient (Wildman–Crippen LogP) is 3.26. The van der Waals surface area contributed by atoms with Gasteiger partial charge in [-0.3, -0.25) is 0 Å². The van der Waals surface area contributed by atoms with Gasteiger partial charge in [0.15, 0.2) is 11.5 Å². The van der Waals surface area contributed by atoms with Gasteiger partial charge >= 0.3 is 0 Å². The minimum Gasteiger partial charge on any atom is -0.488 e. The molecule has 1 unspecified atom stereocenters. The maximum atomic E-state index is 12.5. The molecule has 0 aliphatic rings. The Bertz CT molecular complexity index is 477. The van der Waals surface area contributed by atoms with Crippen molar-refractivity contribution in [3.8, 4) is 5.75 Å².